The summed E-state index contributed by atoms with van der Waals surface area (Å²) in [5.41, 5.74) is 2.59. The summed E-state index contributed by atoms with van der Waals surface area (Å²) in [7, 11) is 0. The summed E-state index contributed by atoms with van der Waals surface area (Å²) in [4.78, 5) is 18.8. The van der Waals surface area contributed by atoms with Gasteiger partial charge in [0.25, 0.3) is 5.56 Å². The largest absolute Gasteiger partial charge is 0.293 e. The van der Waals surface area contributed by atoms with Gasteiger partial charge in [-0.1, -0.05) is 30.3 Å². The van der Waals surface area contributed by atoms with Crippen LogP contribution in [0.2, 0.25) is 0 Å². The maximum absolute atomic E-state index is 13.9. The zero-order chi connectivity index (χ0) is 16.5. The van der Waals surface area contributed by atoms with Crippen molar-refractivity contribution >= 4 is 0 Å². The first-order valence-corrected chi connectivity index (χ1v) is 7.92. The van der Waals surface area contributed by atoms with Crippen LogP contribution in [0.4, 0.5) is 4.39 Å². The summed E-state index contributed by atoms with van der Waals surface area (Å²) in [6, 6.07) is 13.0. The number of hydrogen-bond acceptors (Lipinski definition) is 3. The molecule has 0 aliphatic carbocycles. The second-order valence-corrected chi connectivity index (χ2v) is 5.96. The molecule has 2 aromatic heterocycles. The molecule has 0 saturated carbocycles. The van der Waals surface area contributed by atoms with Gasteiger partial charge in [0.05, 0.1) is 5.69 Å². The van der Waals surface area contributed by atoms with E-state index in [0.717, 1.165) is 24.3 Å². The number of nitrogens with zero attached hydrogens (tertiary/aromatic N) is 3. The van der Waals surface area contributed by atoms with E-state index in [0.29, 0.717) is 13.0 Å². The summed E-state index contributed by atoms with van der Waals surface area (Å²) in [5, 5.41) is 3.03. The first kappa shape index (κ1) is 14.8. The van der Waals surface area contributed by atoms with E-state index >= 15 is 0 Å². The highest BCUT2D eigenvalue weighted by molar-refractivity contribution is 5.29. The Morgan fingerprint density at radius 3 is 2.79 bits per heavy atom. The number of nitrogens with one attached hydrogen (secondary N) is 1. The second-order valence-electron chi connectivity index (χ2n) is 5.96. The van der Waals surface area contributed by atoms with Gasteiger partial charge in [-0.05, 0) is 24.1 Å². The summed E-state index contributed by atoms with van der Waals surface area (Å²) >= 11 is 0. The highest BCUT2D eigenvalue weighted by Crippen LogP contribution is 2.18. The Bertz CT molecular complexity index is 916. The van der Waals surface area contributed by atoms with Gasteiger partial charge in [0.2, 0.25) is 0 Å². The number of pyridine rings is 1. The highest BCUT2D eigenvalue weighted by Gasteiger charge is 2.24. The van der Waals surface area contributed by atoms with Crippen molar-refractivity contribution in [1.29, 1.82) is 0 Å². The molecule has 6 heteroatoms. The lowest BCUT2D eigenvalue weighted by Gasteiger charge is -2.25. The molecule has 1 aromatic carbocycles. The number of benzene rings is 1. The van der Waals surface area contributed by atoms with E-state index in [9.17, 15) is 9.18 Å². The summed E-state index contributed by atoms with van der Waals surface area (Å²) in [5.74, 6) is -0.495. The molecule has 0 atom stereocenters. The van der Waals surface area contributed by atoms with Crippen LogP contribution in [0.5, 0.6) is 0 Å². The molecule has 3 heterocycles. The fraction of sp³-hybridized carbons (Fsp3) is 0.222. The van der Waals surface area contributed by atoms with E-state index in [1.165, 1.54) is 28.6 Å². The predicted molar refractivity (Wildman–Crippen MR) is 88.4 cm³/mol. The van der Waals surface area contributed by atoms with Gasteiger partial charge in [-0.2, -0.15) is 4.68 Å². The minimum Gasteiger partial charge on any atom is -0.293 e. The van der Waals surface area contributed by atoms with Crippen molar-refractivity contribution in [1.82, 2.24) is 19.7 Å². The molecule has 0 fully saturated rings. The van der Waals surface area contributed by atoms with Crippen LogP contribution >= 0.6 is 0 Å². The quantitative estimate of drug-likeness (QED) is 0.804. The molecule has 1 aliphatic heterocycles. The molecule has 3 aromatic rings. The number of halogens is 1. The molecular formula is C18H17FN4O. The summed E-state index contributed by atoms with van der Waals surface area (Å²) in [6.07, 6.45) is 2.13. The molecule has 1 aliphatic rings. The third-order valence-corrected chi connectivity index (χ3v) is 4.33. The zero-order valence-electron chi connectivity index (χ0n) is 13.1. The van der Waals surface area contributed by atoms with Crippen LogP contribution in [-0.2, 0) is 19.5 Å². The van der Waals surface area contributed by atoms with Crippen molar-refractivity contribution in [3.63, 3.8) is 0 Å². The first-order chi connectivity index (χ1) is 11.7. The van der Waals surface area contributed by atoms with Crippen molar-refractivity contribution < 1.29 is 4.39 Å². The van der Waals surface area contributed by atoms with E-state index in [2.05, 4.69) is 27.1 Å². The Morgan fingerprint density at radius 1 is 1.17 bits per heavy atom. The van der Waals surface area contributed by atoms with Crippen molar-refractivity contribution in [3.05, 3.63) is 81.7 Å². The topological polar surface area (TPSA) is 53.9 Å². The Kier molecular flexibility index (Phi) is 3.74. The molecule has 0 unspecified atom stereocenters. The van der Waals surface area contributed by atoms with Crippen LogP contribution in [0.1, 0.15) is 16.8 Å². The average Bonchev–Trinajstić information content (AvgIpc) is 2.92. The normalized spacial score (nSPS) is 14.5. The lowest BCUT2D eigenvalue weighted by molar-refractivity contribution is 0.242. The number of hydrogen-bond donors (Lipinski definition) is 1. The van der Waals surface area contributed by atoms with Gasteiger partial charge in [-0.3, -0.25) is 14.8 Å². The predicted octanol–water partition coefficient (Wildman–Crippen LogP) is 2.26. The maximum Gasteiger partial charge on any atom is 0.276 e. The van der Waals surface area contributed by atoms with Gasteiger partial charge >= 0.3 is 0 Å². The number of aromatic amines is 1. The van der Waals surface area contributed by atoms with Gasteiger partial charge in [-0.25, -0.2) is 9.37 Å². The van der Waals surface area contributed by atoms with E-state index in [-0.39, 0.29) is 11.4 Å². The standard InChI is InChI=1S/C18H17FN4O/c19-15-7-4-9-20-17(15)23-18(24)14-8-10-22(12-16(14)21-23)11-13-5-2-1-3-6-13/h1-7,9,21H,8,10-12H2. The van der Waals surface area contributed by atoms with Crippen LogP contribution in [-0.4, -0.2) is 26.2 Å². The van der Waals surface area contributed by atoms with E-state index < -0.39 is 5.82 Å². The van der Waals surface area contributed by atoms with Gasteiger partial charge in [-0.15, -0.1) is 0 Å². The number of H-pyrrole nitrogens is 1. The molecule has 1 N–H and O–H groups in total. The molecule has 24 heavy (non-hydrogen) atoms. The summed E-state index contributed by atoms with van der Waals surface area (Å²) < 4.78 is 15.1. The Morgan fingerprint density at radius 2 is 2.00 bits per heavy atom. The number of rotatable bonds is 3. The Labute approximate surface area is 138 Å². The lowest BCUT2D eigenvalue weighted by atomic mass is 10.1. The number of aromatic nitrogens is 3. The molecule has 4 rings (SSSR count). The Balaban J connectivity index is 1.62. The van der Waals surface area contributed by atoms with Gasteiger partial charge < -0.3 is 0 Å². The van der Waals surface area contributed by atoms with Crippen molar-refractivity contribution in [3.8, 4) is 5.82 Å². The molecule has 0 amide bonds. The fourth-order valence-corrected chi connectivity index (χ4v) is 3.15. The van der Waals surface area contributed by atoms with Gasteiger partial charge in [0.1, 0.15) is 0 Å². The van der Waals surface area contributed by atoms with Crippen LogP contribution in [0, 0.1) is 5.82 Å². The maximum atomic E-state index is 13.9. The van der Waals surface area contributed by atoms with E-state index in [1.54, 1.807) is 0 Å². The average molecular weight is 324 g/mol. The van der Waals surface area contributed by atoms with Crippen LogP contribution in [0.3, 0.4) is 0 Å². The third-order valence-electron chi connectivity index (χ3n) is 4.33. The minimum absolute atomic E-state index is 0.0199. The molecule has 0 radical (unpaired) electrons. The van der Waals surface area contributed by atoms with E-state index in [4.69, 9.17) is 0 Å². The highest BCUT2D eigenvalue weighted by atomic mass is 19.1. The Hall–Kier alpha value is -2.73. The molecule has 5 nitrogen and oxygen atoms in total. The van der Waals surface area contributed by atoms with Crippen molar-refractivity contribution in [2.75, 3.05) is 6.54 Å². The smallest absolute Gasteiger partial charge is 0.276 e. The SMILES string of the molecule is O=c1c2c([nH]n1-c1ncccc1F)CN(Cc1ccccc1)CC2. The lowest BCUT2D eigenvalue weighted by Crippen LogP contribution is -2.31. The van der Waals surface area contributed by atoms with Crippen molar-refractivity contribution in [2.24, 2.45) is 0 Å². The van der Waals surface area contributed by atoms with Crippen LogP contribution < -0.4 is 5.56 Å². The van der Waals surface area contributed by atoms with E-state index in [1.807, 2.05) is 18.2 Å². The fourth-order valence-electron chi connectivity index (χ4n) is 3.15. The summed E-state index contributed by atoms with van der Waals surface area (Å²) in [6.45, 7) is 2.27. The van der Waals surface area contributed by atoms with Crippen molar-refractivity contribution in [2.45, 2.75) is 19.5 Å². The monoisotopic (exact) mass is 324 g/mol. The van der Waals surface area contributed by atoms with Gasteiger partial charge in [0.15, 0.2) is 11.6 Å². The molecule has 0 bridgehead atoms. The van der Waals surface area contributed by atoms with Gasteiger partial charge in [0, 0.05) is 31.4 Å². The number of fused-ring (bicyclic) bond motifs is 1. The third kappa shape index (κ3) is 2.65. The van der Waals surface area contributed by atoms with Crippen LogP contribution in [0.15, 0.2) is 53.5 Å². The molecule has 0 saturated heterocycles. The molecule has 0 spiro atoms. The zero-order valence-corrected chi connectivity index (χ0v) is 13.1. The molecule has 122 valence electrons. The minimum atomic E-state index is -0.515. The first-order valence-electron chi connectivity index (χ1n) is 7.92. The second kappa shape index (κ2) is 6.05. The molecular weight excluding hydrogens is 307 g/mol. The van der Waals surface area contributed by atoms with Crippen LogP contribution in [0.25, 0.3) is 5.82 Å².